The maximum absolute atomic E-state index is 15.0. The number of anilines is 1. The van der Waals surface area contributed by atoms with E-state index in [2.05, 4.69) is 35.5 Å². The van der Waals surface area contributed by atoms with Crippen molar-refractivity contribution in [1.82, 2.24) is 35.5 Å². The molecule has 0 bridgehead atoms. The quantitative estimate of drug-likeness (QED) is 0.350. The van der Waals surface area contributed by atoms with E-state index in [1.165, 1.54) is 12.1 Å². The summed E-state index contributed by atoms with van der Waals surface area (Å²) in [5.41, 5.74) is 2.25. The van der Waals surface area contributed by atoms with Crippen LogP contribution in [0.2, 0.25) is 5.22 Å². The van der Waals surface area contributed by atoms with Gasteiger partial charge < -0.3 is 25.0 Å². The Morgan fingerprint density at radius 3 is 2.86 bits per heavy atom. The van der Waals surface area contributed by atoms with Gasteiger partial charge in [-0.15, -0.1) is 0 Å². The number of hydrogen-bond acceptors (Lipinski definition) is 7. The Hall–Kier alpha value is -4.19. The number of benzene rings is 1. The molecule has 0 saturated carbocycles. The molecule has 3 amide bonds. The third-order valence-electron chi connectivity index (χ3n) is 6.16. The first-order valence-electron chi connectivity index (χ1n) is 11.5. The summed E-state index contributed by atoms with van der Waals surface area (Å²) in [5, 5.41) is 17.6. The highest BCUT2D eigenvalue weighted by molar-refractivity contribution is 6.29. The molecule has 0 radical (unpaired) electrons. The van der Waals surface area contributed by atoms with E-state index in [1.807, 2.05) is 0 Å². The molecule has 4 heterocycles. The van der Waals surface area contributed by atoms with Gasteiger partial charge in [-0.25, -0.2) is 14.2 Å². The Bertz CT molecular complexity index is 1470. The third-order valence-corrected chi connectivity index (χ3v) is 6.34. The standard InChI is InChI=1S/C24H24ClFN8O3/c1-33(2)24(36)34-8-6-15(12-34)29-22-20-16(5-7-27-21(20)30-31-22)13-3-4-14(17(26)9-13)11-28-23(35)18-10-19(25)37-32-18/h3-5,7,9-10,15H,6,8,11-12H2,1-2H3,(H,28,35)(H2,27,29,30,31)/t15-/m1/s1. The lowest BCUT2D eigenvalue weighted by Crippen LogP contribution is -2.38. The molecule has 1 aromatic carbocycles. The summed E-state index contributed by atoms with van der Waals surface area (Å²) < 4.78 is 19.7. The maximum Gasteiger partial charge on any atom is 0.319 e. The van der Waals surface area contributed by atoms with Gasteiger partial charge in [0.15, 0.2) is 17.2 Å². The zero-order valence-corrected chi connectivity index (χ0v) is 20.8. The number of aromatic amines is 1. The van der Waals surface area contributed by atoms with Crippen molar-refractivity contribution in [3.63, 3.8) is 0 Å². The molecule has 37 heavy (non-hydrogen) atoms. The first kappa shape index (κ1) is 24.5. The summed E-state index contributed by atoms with van der Waals surface area (Å²) >= 11 is 5.64. The van der Waals surface area contributed by atoms with Crippen molar-refractivity contribution in [2.24, 2.45) is 0 Å². The van der Waals surface area contributed by atoms with Gasteiger partial charge in [-0.3, -0.25) is 9.89 Å². The van der Waals surface area contributed by atoms with Gasteiger partial charge in [0.25, 0.3) is 5.91 Å². The number of aromatic nitrogens is 4. The molecule has 13 heteroatoms. The lowest BCUT2D eigenvalue weighted by Gasteiger charge is -2.21. The average Bonchev–Trinajstić information content (AvgIpc) is 3.63. The number of pyridine rings is 1. The van der Waals surface area contributed by atoms with E-state index in [-0.39, 0.29) is 29.5 Å². The summed E-state index contributed by atoms with van der Waals surface area (Å²) in [4.78, 5) is 32.1. The molecule has 5 rings (SSSR count). The molecule has 1 fully saturated rings. The third kappa shape index (κ3) is 5.05. The highest BCUT2D eigenvalue weighted by Crippen LogP contribution is 2.33. The van der Waals surface area contributed by atoms with E-state index in [0.717, 1.165) is 17.4 Å². The highest BCUT2D eigenvalue weighted by Gasteiger charge is 2.28. The Morgan fingerprint density at radius 1 is 1.30 bits per heavy atom. The Balaban J connectivity index is 1.34. The minimum Gasteiger partial charge on any atom is -0.363 e. The van der Waals surface area contributed by atoms with E-state index >= 15 is 4.39 Å². The van der Waals surface area contributed by atoms with E-state index in [0.29, 0.717) is 35.7 Å². The van der Waals surface area contributed by atoms with Crippen LogP contribution in [0, 0.1) is 5.82 Å². The zero-order valence-electron chi connectivity index (χ0n) is 20.1. The molecule has 1 aliphatic heterocycles. The van der Waals surface area contributed by atoms with E-state index in [1.54, 1.807) is 48.3 Å². The van der Waals surface area contributed by atoms with Crippen LogP contribution in [0.3, 0.4) is 0 Å². The summed E-state index contributed by atoms with van der Waals surface area (Å²) in [6, 6.07) is 7.86. The van der Waals surface area contributed by atoms with Crippen molar-refractivity contribution in [1.29, 1.82) is 0 Å². The largest absolute Gasteiger partial charge is 0.363 e. The van der Waals surface area contributed by atoms with Crippen LogP contribution in [0.25, 0.3) is 22.2 Å². The number of halogens is 2. The normalized spacial score (nSPS) is 15.2. The van der Waals surface area contributed by atoms with E-state index in [9.17, 15) is 9.59 Å². The molecular weight excluding hydrogens is 503 g/mol. The molecule has 192 valence electrons. The Labute approximate surface area is 215 Å². The van der Waals surface area contributed by atoms with Gasteiger partial charge in [0.2, 0.25) is 5.22 Å². The fraction of sp³-hybridized carbons (Fsp3) is 0.292. The molecule has 1 atom stereocenters. The smallest absolute Gasteiger partial charge is 0.319 e. The molecule has 4 aromatic rings. The molecule has 1 aliphatic rings. The van der Waals surface area contributed by atoms with Crippen LogP contribution in [-0.4, -0.2) is 75.3 Å². The molecular formula is C24H24ClFN8O3. The number of nitrogens with one attached hydrogen (secondary N) is 3. The number of nitrogens with zero attached hydrogens (tertiary/aromatic N) is 5. The van der Waals surface area contributed by atoms with Crippen LogP contribution in [0.15, 0.2) is 41.1 Å². The summed E-state index contributed by atoms with van der Waals surface area (Å²) in [6.45, 7) is 1.16. The fourth-order valence-corrected chi connectivity index (χ4v) is 4.45. The SMILES string of the molecule is CN(C)C(=O)N1CC[C@@H](Nc2n[nH]c3nccc(-c4ccc(CNC(=O)c5cc(Cl)on5)c(F)c4)c23)C1. The molecule has 1 saturated heterocycles. The number of fused-ring (bicyclic) bond motifs is 1. The number of carbonyl (C=O) groups excluding carboxylic acids is 2. The van der Waals surface area contributed by atoms with Crippen molar-refractivity contribution in [2.75, 3.05) is 32.5 Å². The van der Waals surface area contributed by atoms with Crippen LogP contribution in [-0.2, 0) is 6.54 Å². The zero-order chi connectivity index (χ0) is 26.1. The Morgan fingerprint density at radius 2 is 2.14 bits per heavy atom. The van der Waals surface area contributed by atoms with Gasteiger partial charge in [0, 0.05) is 57.6 Å². The van der Waals surface area contributed by atoms with Gasteiger partial charge in [-0.1, -0.05) is 17.3 Å². The number of urea groups is 1. The van der Waals surface area contributed by atoms with Gasteiger partial charge in [-0.2, -0.15) is 5.10 Å². The van der Waals surface area contributed by atoms with Gasteiger partial charge in [-0.05, 0) is 41.3 Å². The first-order chi connectivity index (χ1) is 17.8. The average molecular weight is 527 g/mol. The minimum atomic E-state index is -0.526. The molecule has 3 N–H and O–H groups in total. The molecule has 0 unspecified atom stereocenters. The second-order valence-electron chi connectivity index (χ2n) is 8.91. The second-order valence-corrected chi connectivity index (χ2v) is 9.28. The van der Waals surface area contributed by atoms with Crippen LogP contribution in [0.5, 0.6) is 0 Å². The van der Waals surface area contributed by atoms with Crippen LogP contribution >= 0.6 is 11.6 Å². The van der Waals surface area contributed by atoms with Crippen LogP contribution in [0.1, 0.15) is 22.5 Å². The minimum absolute atomic E-state index is 0.00948. The van der Waals surface area contributed by atoms with E-state index < -0.39 is 11.7 Å². The maximum atomic E-state index is 15.0. The summed E-state index contributed by atoms with van der Waals surface area (Å²) in [5.74, 6) is -0.417. The van der Waals surface area contributed by atoms with Crippen molar-refractivity contribution in [2.45, 2.75) is 19.0 Å². The number of H-pyrrole nitrogens is 1. The lowest BCUT2D eigenvalue weighted by molar-refractivity contribution is 0.0941. The first-order valence-corrected chi connectivity index (χ1v) is 11.9. The summed E-state index contributed by atoms with van der Waals surface area (Å²) in [7, 11) is 3.46. The van der Waals surface area contributed by atoms with Gasteiger partial charge in [0.05, 0.1) is 5.39 Å². The number of hydrogen-bond donors (Lipinski definition) is 3. The predicted octanol–water partition coefficient (Wildman–Crippen LogP) is 3.50. The number of likely N-dealkylation sites (tertiary alicyclic amines) is 1. The van der Waals surface area contributed by atoms with Crippen molar-refractivity contribution < 1.29 is 18.5 Å². The van der Waals surface area contributed by atoms with Gasteiger partial charge >= 0.3 is 6.03 Å². The number of rotatable bonds is 6. The predicted molar refractivity (Wildman–Crippen MR) is 135 cm³/mol. The van der Waals surface area contributed by atoms with Gasteiger partial charge in [0.1, 0.15) is 5.82 Å². The summed E-state index contributed by atoms with van der Waals surface area (Å²) in [6.07, 6.45) is 2.40. The lowest BCUT2D eigenvalue weighted by atomic mass is 10.0. The van der Waals surface area contributed by atoms with Crippen LogP contribution in [0.4, 0.5) is 15.0 Å². The Kier molecular flexibility index (Phi) is 6.66. The molecule has 3 aromatic heterocycles. The monoisotopic (exact) mass is 526 g/mol. The van der Waals surface area contributed by atoms with Crippen molar-refractivity contribution in [3.8, 4) is 11.1 Å². The number of carbonyl (C=O) groups is 2. The van der Waals surface area contributed by atoms with Crippen molar-refractivity contribution >= 4 is 40.4 Å². The fourth-order valence-electron chi connectivity index (χ4n) is 4.31. The van der Waals surface area contributed by atoms with Crippen molar-refractivity contribution in [3.05, 3.63) is 58.8 Å². The topological polar surface area (TPSA) is 132 Å². The molecule has 11 nitrogen and oxygen atoms in total. The second kappa shape index (κ2) is 10.1. The highest BCUT2D eigenvalue weighted by atomic mass is 35.5. The molecule has 0 aliphatic carbocycles. The van der Waals surface area contributed by atoms with Crippen LogP contribution < -0.4 is 10.6 Å². The van der Waals surface area contributed by atoms with E-state index in [4.69, 9.17) is 11.6 Å². The molecule has 0 spiro atoms. The number of amides is 3.